The van der Waals surface area contributed by atoms with Crippen LogP contribution in [0.2, 0.25) is 0 Å². The highest BCUT2D eigenvalue weighted by molar-refractivity contribution is 5.53. The van der Waals surface area contributed by atoms with Crippen LogP contribution in [0.5, 0.6) is 0 Å². The molecule has 7 atom stereocenters. The fourth-order valence-corrected chi connectivity index (χ4v) is 6.96. The number of hydrogen-bond acceptors (Lipinski definition) is 2. The minimum atomic E-state index is -0.143. The number of aliphatic hydroxyl groups excluding tert-OH is 2. The molecule has 2 saturated carbocycles. The van der Waals surface area contributed by atoms with Gasteiger partial charge in [0.05, 0.1) is 6.10 Å². The molecule has 0 aliphatic heterocycles. The Morgan fingerprint density at radius 3 is 1.92 bits per heavy atom. The predicted molar refractivity (Wildman–Crippen MR) is 177 cm³/mol. The van der Waals surface area contributed by atoms with Gasteiger partial charge in [0, 0.05) is 12.5 Å². The molecular weight excluding hydrogens is 476 g/mol. The quantitative estimate of drug-likeness (QED) is 0.344. The minimum absolute atomic E-state index is 0.143. The fraction of sp³-hybridized carbons (Fsp3) is 0.784. The van der Waals surface area contributed by atoms with Gasteiger partial charge in [-0.15, -0.1) is 0 Å². The summed E-state index contributed by atoms with van der Waals surface area (Å²) >= 11 is 0. The van der Waals surface area contributed by atoms with Crippen LogP contribution in [0, 0.1) is 40.4 Å². The number of aliphatic hydroxyl groups is 2. The highest BCUT2D eigenvalue weighted by Gasteiger charge is 2.54. The lowest BCUT2D eigenvalue weighted by molar-refractivity contribution is 0.113. The maximum atomic E-state index is 10.2. The zero-order valence-electron chi connectivity index (χ0n) is 29.0. The molecule has 2 heteroatoms. The first-order valence-electron chi connectivity index (χ1n) is 16.6. The molecule has 4 rings (SSSR count). The molecule has 0 aromatic carbocycles. The van der Waals surface area contributed by atoms with Crippen molar-refractivity contribution in [3.05, 3.63) is 47.1 Å². The molecule has 2 N–H and O–H groups in total. The van der Waals surface area contributed by atoms with E-state index in [-0.39, 0.29) is 11.5 Å². The number of rotatable bonds is 4. The highest BCUT2D eigenvalue weighted by atomic mass is 16.3. The monoisotopic (exact) mass is 547 g/mol. The molecule has 4 aliphatic carbocycles. The number of hydrogen-bond donors (Lipinski definition) is 2. The van der Waals surface area contributed by atoms with E-state index < -0.39 is 0 Å². The van der Waals surface area contributed by atoms with Gasteiger partial charge in [0.2, 0.25) is 0 Å². The average Bonchev–Trinajstić information content (AvgIpc) is 3.34. The van der Waals surface area contributed by atoms with Crippen LogP contribution in [0.4, 0.5) is 0 Å². The largest absolute Gasteiger partial charge is 0.400 e. The summed E-state index contributed by atoms with van der Waals surface area (Å²) in [5.41, 5.74) is 5.26. The van der Waals surface area contributed by atoms with E-state index in [0.29, 0.717) is 29.1 Å². The van der Waals surface area contributed by atoms with Gasteiger partial charge in [0.25, 0.3) is 0 Å². The van der Waals surface area contributed by atoms with Crippen LogP contribution >= 0.6 is 0 Å². The average molecular weight is 547 g/mol. The number of allylic oxidation sites excluding steroid dienone is 7. The fourth-order valence-electron chi connectivity index (χ4n) is 6.96. The van der Waals surface area contributed by atoms with Gasteiger partial charge in [0.1, 0.15) is 0 Å². The van der Waals surface area contributed by atoms with Crippen LogP contribution in [0.3, 0.4) is 0 Å². The van der Waals surface area contributed by atoms with E-state index in [1.807, 2.05) is 55.4 Å². The van der Waals surface area contributed by atoms with E-state index in [4.69, 9.17) is 5.11 Å². The van der Waals surface area contributed by atoms with Crippen LogP contribution in [0.25, 0.3) is 0 Å². The summed E-state index contributed by atoms with van der Waals surface area (Å²) < 4.78 is 0. The topological polar surface area (TPSA) is 40.5 Å². The molecule has 0 radical (unpaired) electrons. The Balaban J connectivity index is 0. The molecule has 0 amide bonds. The van der Waals surface area contributed by atoms with Crippen molar-refractivity contribution in [2.75, 3.05) is 7.11 Å². The van der Waals surface area contributed by atoms with Gasteiger partial charge in [-0.1, -0.05) is 133 Å². The molecule has 0 bridgehead atoms. The molecule has 0 aromatic rings. The minimum Gasteiger partial charge on any atom is -0.400 e. The first-order chi connectivity index (χ1) is 18.7. The Morgan fingerprint density at radius 2 is 1.38 bits per heavy atom. The molecule has 0 spiro atoms. The standard InChI is InChI=1S/C28H42O.4C2H6.CH4O/c1-18(2)19(3)7-8-20(4)24-11-12-25-23-10-9-21-17-22(29)13-15-27(21,5)26(23)14-16-28(24,25)6;5*1-2/h7-10,14,18-20,22,24-25,29H,11-13,15-17H2,1-6H3;4*1-2H3;2H,1H3/b8-7+;;;;;. The first-order valence-corrected chi connectivity index (χ1v) is 16.6. The molecule has 0 saturated heterocycles. The van der Waals surface area contributed by atoms with Crippen LogP contribution in [0.15, 0.2) is 47.1 Å². The third kappa shape index (κ3) is 9.19. The van der Waals surface area contributed by atoms with E-state index in [2.05, 4.69) is 71.9 Å². The second-order valence-corrected chi connectivity index (χ2v) is 11.5. The summed E-state index contributed by atoms with van der Waals surface area (Å²) in [7, 11) is 1.00. The lowest BCUT2D eigenvalue weighted by Crippen LogP contribution is -2.41. The smallest absolute Gasteiger partial charge is 0.0578 e. The summed E-state index contributed by atoms with van der Waals surface area (Å²) in [4.78, 5) is 0. The summed E-state index contributed by atoms with van der Waals surface area (Å²) in [6.07, 6.45) is 19.1. The van der Waals surface area contributed by atoms with Crippen LogP contribution < -0.4 is 0 Å². The van der Waals surface area contributed by atoms with Crippen LogP contribution in [-0.4, -0.2) is 23.4 Å². The third-order valence-corrected chi connectivity index (χ3v) is 9.45. The lowest BCUT2D eigenvalue weighted by atomic mass is 9.54. The Bertz CT molecular complexity index is 770. The maximum Gasteiger partial charge on any atom is 0.0578 e. The van der Waals surface area contributed by atoms with Gasteiger partial charge in [-0.3, -0.25) is 0 Å². The van der Waals surface area contributed by atoms with Gasteiger partial charge in [0.15, 0.2) is 0 Å². The lowest BCUT2D eigenvalue weighted by Gasteiger charge is -2.50. The Kier molecular flexibility index (Phi) is 20.4. The second kappa shape index (κ2) is 19.9. The van der Waals surface area contributed by atoms with Crippen molar-refractivity contribution in [1.82, 2.24) is 0 Å². The van der Waals surface area contributed by atoms with Gasteiger partial charge in [-0.05, 0) is 84.7 Å². The molecule has 7 unspecified atom stereocenters. The Labute approximate surface area is 246 Å². The Morgan fingerprint density at radius 1 is 0.821 bits per heavy atom. The molecule has 230 valence electrons. The van der Waals surface area contributed by atoms with Crippen molar-refractivity contribution in [3.63, 3.8) is 0 Å². The normalized spacial score (nSPS) is 31.4. The van der Waals surface area contributed by atoms with Crippen molar-refractivity contribution in [2.24, 2.45) is 40.4 Å². The van der Waals surface area contributed by atoms with E-state index in [1.54, 1.807) is 11.1 Å². The summed E-state index contributed by atoms with van der Waals surface area (Å²) in [6.45, 7) is 30.5. The number of fused-ring (bicyclic) bond motifs is 5. The van der Waals surface area contributed by atoms with Gasteiger partial charge < -0.3 is 10.2 Å². The summed E-state index contributed by atoms with van der Waals surface area (Å²) in [5.74, 6) is 3.50. The van der Waals surface area contributed by atoms with Crippen LogP contribution in [0.1, 0.15) is 135 Å². The maximum absolute atomic E-state index is 10.2. The molecule has 2 fully saturated rings. The Hall–Kier alpha value is -1.12. The van der Waals surface area contributed by atoms with Crippen LogP contribution in [-0.2, 0) is 0 Å². The summed E-state index contributed by atoms with van der Waals surface area (Å²) in [5, 5.41) is 17.2. The van der Waals surface area contributed by atoms with E-state index in [1.165, 1.54) is 24.8 Å². The molecule has 2 nitrogen and oxygen atoms in total. The van der Waals surface area contributed by atoms with E-state index in [0.717, 1.165) is 32.3 Å². The van der Waals surface area contributed by atoms with Crippen molar-refractivity contribution in [3.8, 4) is 0 Å². The van der Waals surface area contributed by atoms with Crippen molar-refractivity contribution >= 4 is 0 Å². The molecule has 39 heavy (non-hydrogen) atoms. The second-order valence-electron chi connectivity index (χ2n) is 11.5. The molecule has 0 heterocycles. The third-order valence-electron chi connectivity index (χ3n) is 9.45. The van der Waals surface area contributed by atoms with Crippen molar-refractivity contribution in [2.45, 2.75) is 142 Å². The van der Waals surface area contributed by atoms with Crippen molar-refractivity contribution in [1.29, 1.82) is 0 Å². The van der Waals surface area contributed by atoms with E-state index in [9.17, 15) is 5.11 Å². The van der Waals surface area contributed by atoms with Gasteiger partial charge in [-0.2, -0.15) is 0 Å². The summed E-state index contributed by atoms with van der Waals surface area (Å²) in [6, 6.07) is 0. The highest BCUT2D eigenvalue weighted by Crippen LogP contribution is 2.63. The van der Waals surface area contributed by atoms with Gasteiger partial charge >= 0.3 is 0 Å². The van der Waals surface area contributed by atoms with Crippen molar-refractivity contribution < 1.29 is 10.2 Å². The molecular formula is C37H70O2. The van der Waals surface area contributed by atoms with E-state index >= 15 is 0 Å². The zero-order chi connectivity index (χ0) is 31.0. The SMILES string of the molecule is CC.CC.CC.CC.CC(C)C(C)/C=C/C(C)C1CCC2C3=CC=C4CC(O)CCC4(C)C3=CCC21C.CO. The predicted octanol–water partition coefficient (Wildman–Crippen LogP) is 11.0. The molecule has 4 aliphatic rings. The van der Waals surface area contributed by atoms with Gasteiger partial charge in [-0.25, -0.2) is 0 Å². The first kappa shape index (κ1) is 40.0. The molecule has 0 aromatic heterocycles. The zero-order valence-corrected chi connectivity index (χ0v) is 29.0.